The van der Waals surface area contributed by atoms with Crippen LogP contribution in [0.5, 0.6) is 5.75 Å². The van der Waals surface area contributed by atoms with Gasteiger partial charge in [-0.2, -0.15) is 0 Å². The summed E-state index contributed by atoms with van der Waals surface area (Å²) in [6.07, 6.45) is 19.4. The molecule has 0 radical (unpaired) electrons. The fourth-order valence-corrected chi connectivity index (χ4v) is 3.34. The second kappa shape index (κ2) is 20.1. The first-order chi connectivity index (χ1) is 14.6. The van der Waals surface area contributed by atoms with Gasteiger partial charge in [-0.05, 0) is 18.6 Å². The molecule has 0 atom stereocenters. The molecule has 0 aliphatic heterocycles. The summed E-state index contributed by atoms with van der Waals surface area (Å²) in [5, 5.41) is 12.0. The third-order valence-corrected chi connectivity index (χ3v) is 5.16. The van der Waals surface area contributed by atoms with E-state index in [0.717, 1.165) is 12.8 Å². The SMILES string of the molecule is CCCCCCCCCCCCCCCCOC(=O)CNC(=O)c1ncccc1O.Cl. The first-order valence-electron chi connectivity index (χ1n) is 11.7. The summed E-state index contributed by atoms with van der Waals surface area (Å²) in [4.78, 5) is 27.3. The molecule has 0 aromatic carbocycles. The predicted molar refractivity (Wildman–Crippen MR) is 127 cm³/mol. The lowest BCUT2D eigenvalue weighted by Gasteiger charge is -2.07. The lowest BCUT2D eigenvalue weighted by molar-refractivity contribution is -0.142. The Morgan fingerprint density at radius 3 is 1.94 bits per heavy atom. The predicted octanol–water partition coefficient (Wildman–Crippen LogP) is 5.96. The molecule has 0 aliphatic rings. The number of ether oxygens (including phenoxy) is 1. The summed E-state index contributed by atoms with van der Waals surface area (Å²) in [7, 11) is 0. The van der Waals surface area contributed by atoms with Crippen LogP contribution < -0.4 is 5.32 Å². The second-order valence-electron chi connectivity index (χ2n) is 7.87. The van der Waals surface area contributed by atoms with Gasteiger partial charge in [0.2, 0.25) is 0 Å². The van der Waals surface area contributed by atoms with Crippen LogP contribution >= 0.6 is 12.4 Å². The first-order valence-corrected chi connectivity index (χ1v) is 11.7. The van der Waals surface area contributed by atoms with Crippen molar-refractivity contribution in [3.8, 4) is 5.75 Å². The van der Waals surface area contributed by atoms with Crippen LogP contribution in [-0.2, 0) is 9.53 Å². The zero-order chi connectivity index (χ0) is 21.9. The lowest BCUT2D eigenvalue weighted by Crippen LogP contribution is -2.31. The third-order valence-electron chi connectivity index (χ3n) is 5.16. The Hall–Kier alpha value is -1.82. The maximum Gasteiger partial charge on any atom is 0.325 e. The number of aromatic nitrogens is 1. The van der Waals surface area contributed by atoms with E-state index in [1.54, 1.807) is 0 Å². The van der Waals surface area contributed by atoms with Crippen molar-refractivity contribution in [3.63, 3.8) is 0 Å². The number of carbonyl (C=O) groups is 2. The van der Waals surface area contributed by atoms with Gasteiger partial charge in [-0.3, -0.25) is 9.59 Å². The van der Waals surface area contributed by atoms with Gasteiger partial charge >= 0.3 is 5.97 Å². The van der Waals surface area contributed by atoms with Gasteiger partial charge in [-0.25, -0.2) is 4.98 Å². The Morgan fingerprint density at radius 1 is 0.903 bits per heavy atom. The van der Waals surface area contributed by atoms with Gasteiger partial charge in [0.1, 0.15) is 12.3 Å². The number of hydrogen-bond donors (Lipinski definition) is 2. The van der Waals surface area contributed by atoms with Crippen LogP contribution in [0.4, 0.5) is 0 Å². The molecule has 0 spiro atoms. The number of aromatic hydroxyl groups is 1. The minimum atomic E-state index is -0.596. The molecule has 178 valence electrons. The molecule has 0 saturated heterocycles. The number of rotatable bonds is 18. The van der Waals surface area contributed by atoms with Gasteiger partial charge in [0.25, 0.3) is 5.91 Å². The summed E-state index contributed by atoms with van der Waals surface area (Å²) in [6.45, 7) is 2.41. The molecular formula is C24H41ClN2O4. The first kappa shape index (κ1) is 29.2. The molecule has 0 fully saturated rings. The normalized spacial score (nSPS) is 10.4. The van der Waals surface area contributed by atoms with Crippen LogP contribution in [0.1, 0.15) is 107 Å². The van der Waals surface area contributed by atoms with E-state index in [9.17, 15) is 14.7 Å². The molecule has 0 aliphatic carbocycles. The molecule has 1 aromatic heterocycles. The zero-order valence-corrected chi connectivity index (χ0v) is 19.9. The van der Waals surface area contributed by atoms with Gasteiger partial charge in [-0.1, -0.05) is 90.4 Å². The smallest absolute Gasteiger partial charge is 0.325 e. The summed E-state index contributed by atoms with van der Waals surface area (Å²) >= 11 is 0. The van der Waals surface area contributed by atoms with Crippen LogP contribution in [0.2, 0.25) is 0 Å². The number of amides is 1. The van der Waals surface area contributed by atoms with Crippen LogP contribution in [0, 0.1) is 0 Å². The number of nitrogens with one attached hydrogen (secondary N) is 1. The van der Waals surface area contributed by atoms with Gasteiger partial charge in [0.15, 0.2) is 5.69 Å². The highest BCUT2D eigenvalue weighted by molar-refractivity contribution is 5.96. The summed E-state index contributed by atoms with van der Waals surface area (Å²) < 4.78 is 5.13. The Bertz CT molecular complexity index is 599. The van der Waals surface area contributed by atoms with E-state index in [2.05, 4.69) is 17.2 Å². The van der Waals surface area contributed by atoms with Crippen molar-refractivity contribution in [1.29, 1.82) is 0 Å². The van der Waals surface area contributed by atoms with Crippen molar-refractivity contribution < 1.29 is 19.4 Å². The zero-order valence-electron chi connectivity index (χ0n) is 19.1. The van der Waals surface area contributed by atoms with Crippen molar-refractivity contribution >= 4 is 24.3 Å². The van der Waals surface area contributed by atoms with Crippen molar-refractivity contribution in [2.24, 2.45) is 0 Å². The highest BCUT2D eigenvalue weighted by Crippen LogP contribution is 2.13. The summed E-state index contributed by atoms with van der Waals surface area (Å²) in [5.41, 5.74) is -0.0997. The van der Waals surface area contributed by atoms with Gasteiger partial charge in [0, 0.05) is 6.20 Å². The number of esters is 1. The molecule has 1 amide bonds. The topological polar surface area (TPSA) is 88.5 Å². The minimum absolute atomic E-state index is 0. The molecule has 7 heteroatoms. The average Bonchev–Trinajstić information content (AvgIpc) is 2.75. The second-order valence-corrected chi connectivity index (χ2v) is 7.87. The Kier molecular flexibility index (Phi) is 18.9. The van der Waals surface area contributed by atoms with Crippen LogP contribution in [0.3, 0.4) is 0 Å². The standard InChI is InChI=1S/C24H40N2O4.ClH/c1-2-3-4-5-6-7-8-9-10-11-12-13-14-15-19-30-22(28)20-26-24(29)23-21(27)17-16-18-25-23;/h16-18,27H,2-15,19-20H2,1H3,(H,26,29);1H. The lowest BCUT2D eigenvalue weighted by atomic mass is 10.0. The van der Waals surface area contributed by atoms with Crippen molar-refractivity contribution in [2.75, 3.05) is 13.2 Å². The Balaban J connectivity index is 0.00000900. The molecule has 31 heavy (non-hydrogen) atoms. The monoisotopic (exact) mass is 456 g/mol. The molecule has 0 unspecified atom stereocenters. The third kappa shape index (κ3) is 15.6. The fraction of sp³-hybridized carbons (Fsp3) is 0.708. The number of carbonyl (C=O) groups excluding carboxylic acids is 2. The number of pyridine rings is 1. The molecule has 0 bridgehead atoms. The van der Waals surface area contributed by atoms with Crippen LogP contribution in [0.15, 0.2) is 18.3 Å². The molecular weight excluding hydrogens is 416 g/mol. The highest BCUT2D eigenvalue weighted by Gasteiger charge is 2.13. The highest BCUT2D eigenvalue weighted by atomic mass is 35.5. The molecule has 2 N–H and O–H groups in total. The van der Waals surface area contributed by atoms with E-state index in [-0.39, 0.29) is 30.4 Å². The maximum absolute atomic E-state index is 11.8. The molecule has 1 rings (SSSR count). The quantitative estimate of drug-likeness (QED) is 0.210. The Morgan fingerprint density at radius 2 is 1.42 bits per heavy atom. The van der Waals surface area contributed by atoms with Crippen molar-refractivity contribution in [2.45, 2.75) is 96.8 Å². The number of unbranched alkanes of at least 4 members (excludes halogenated alkanes) is 13. The average molecular weight is 457 g/mol. The van der Waals surface area contributed by atoms with E-state index < -0.39 is 11.9 Å². The largest absolute Gasteiger partial charge is 0.505 e. The van der Waals surface area contributed by atoms with Gasteiger partial charge in [-0.15, -0.1) is 12.4 Å². The minimum Gasteiger partial charge on any atom is -0.505 e. The number of hydrogen-bond acceptors (Lipinski definition) is 5. The summed E-state index contributed by atoms with van der Waals surface area (Å²) in [5.74, 6) is -1.29. The van der Waals surface area contributed by atoms with E-state index in [0.29, 0.717) is 6.61 Å². The van der Waals surface area contributed by atoms with E-state index in [4.69, 9.17) is 4.74 Å². The molecule has 1 heterocycles. The van der Waals surface area contributed by atoms with Crippen LogP contribution in [0.25, 0.3) is 0 Å². The number of halogens is 1. The molecule has 1 aromatic rings. The van der Waals surface area contributed by atoms with Crippen LogP contribution in [-0.4, -0.2) is 35.1 Å². The van der Waals surface area contributed by atoms with Gasteiger partial charge < -0.3 is 15.2 Å². The van der Waals surface area contributed by atoms with Crippen molar-refractivity contribution in [3.05, 3.63) is 24.0 Å². The molecule has 0 saturated carbocycles. The Labute approximate surface area is 194 Å². The van der Waals surface area contributed by atoms with E-state index >= 15 is 0 Å². The number of nitrogens with zero attached hydrogens (tertiary/aromatic N) is 1. The van der Waals surface area contributed by atoms with Gasteiger partial charge in [0.05, 0.1) is 6.61 Å². The van der Waals surface area contributed by atoms with E-state index in [1.807, 2.05) is 0 Å². The fourth-order valence-electron chi connectivity index (χ4n) is 3.34. The van der Waals surface area contributed by atoms with Crippen molar-refractivity contribution in [1.82, 2.24) is 10.3 Å². The maximum atomic E-state index is 11.8. The van der Waals surface area contributed by atoms with E-state index in [1.165, 1.54) is 95.4 Å². The summed E-state index contributed by atoms with van der Waals surface area (Å²) in [6, 6.07) is 2.90. The molecule has 6 nitrogen and oxygen atoms in total.